The van der Waals surface area contributed by atoms with Crippen LogP contribution in [0.25, 0.3) is 0 Å². The zero-order chi connectivity index (χ0) is 20.6. The molecule has 29 heavy (non-hydrogen) atoms. The second kappa shape index (κ2) is 6.95. The molecule has 0 spiro atoms. The molecule has 4 nitrogen and oxygen atoms in total. The van der Waals surface area contributed by atoms with Gasteiger partial charge in [-0.1, -0.05) is 34.6 Å². The van der Waals surface area contributed by atoms with Gasteiger partial charge >= 0.3 is 5.97 Å². The van der Waals surface area contributed by atoms with Crippen LogP contribution in [-0.4, -0.2) is 31.1 Å². The lowest BCUT2D eigenvalue weighted by Gasteiger charge is -2.42. The van der Waals surface area contributed by atoms with Gasteiger partial charge in [0.2, 0.25) is 0 Å². The first kappa shape index (κ1) is 20.3. The Bertz CT molecular complexity index is 654. The van der Waals surface area contributed by atoms with Crippen LogP contribution in [0.15, 0.2) is 0 Å². The van der Waals surface area contributed by atoms with Crippen LogP contribution in [0.3, 0.4) is 0 Å². The fraction of sp³-hybridized carbons (Fsp3) is 0.960. The number of rotatable bonds is 6. The van der Waals surface area contributed by atoms with Crippen LogP contribution in [-0.2, 0) is 19.0 Å². The molecular weight excluding hydrogens is 364 g/mol. The number of fused-ring (bicyclic) bond motifs is 7. The van der Waals surface area contributed by atoms with Gasteiger partial charge < -0.3 is 14.2 Å². The third kappa shape index (κ3) is 2.87. The minimum Gasteiger partial charge on any atom is -0.438 e. The van der Waals surface area contributed by atoms with E-state index in [4.69, 9.17) is 14.2 Å². The molecule has 1 heterocycles. The van der Waals surface area contributed by atoms with E-state index >= 15 is 0 Å². The van der Waals surface area contributed by atoms with Crippen LogP contribution < -0.4 is 0 Å². The van der Waals surface area contributed by atoms with Crippen molar-refractivity contribution in [2.75, 3.05) is 6.79 Å². The standard InChI is InChI=1S/C25H40O4/c1-6-18-20-14-10-16(21(20)19(7-2)29-18)17(11-14)22(26)27-13-28-23-24(3,4)15-8-9-25(23,5)12-15/h14-21,23H,6-13H2,1-5H3. The lowest BCUT2D eigenvalue weighted by atomic mass is 9.70. The van der Waals surface area contributed by atoms with Crippen LogP contribution in [0, 0.1) is 46.3 Å². The molecule has 5 aliphatic rings. The summed E-state index contributed by atoms with van der Waals surface area (Å²) in [4.78, 5) is 13.0. The molecule has 5 fully saturated rings. The van der Waals surface area contributed by atoms with Crippen molar-refractivity contribution in [1.82, 2.24) is 0 Å². The third-order valence-electron chi connectivity index (χ3n) is 10.0. The van der Waals surface area contributed by atoms with Gasteiger partial charge in [-0.15, -0.1) is 0 Å². The van der Waals surface area contributed by atoms with Crippen LogP contribution in [0.2, 0.25) is 0 Å². The number of carbonyl (C=O) groups excluding carboxylic acids is 1. The highest BCUT2D eigenvalue weighted by molar-refractivity contribution is 5.73. The summed E-state index contributed by atoms with van der Waals surface area (Å²) in [7, 11) is 0. The Morgan fingerprint density at radius 2 is 1.79 bits per heavy atom. The molecule has 10 atom stereocenters. The summed E-state index contributed by atoms with van der Waals surface area (Å²) < 4.78 is 18.4. The van der Waals surface area contributed by atoms with E-state index in [-0.39, 0.29) is 35.6 Å². The van der Waals surface area contributed by atoms with Crippen molar-refractivity contribution in [3.63, 3.8) is 0 Å². The second-order valence-electron chi connectivity index (χ2n) is 11.7. The van der Waals surface area contributed by atoms with Gasteiger partial charge in [0.1, 0.15) is 0 Å². The van der Waals surface area contributed by atoms with Crippen LogP contribution >= 0.6 is 0 Å². The maximum atomic E-state index is 13.0. The Labute approximate surface area is 176 Å². The summed E-state index contributed by atoms with van der Waals surface area (Å²) in [6, 6.07) is 0. The molecule has 4 bridgehead atoms. The molecule has 0 radical (unpaired) electrons. The molecule has 1 saturated heterocycles. The maximum Gasteiger partial charge on any atom is 0.311 e. The molecule has 4 heteroatoms. The first-order valence-corrected chi connectivity index (χ1v) is 12.2. The molecule has 0 aromatic heterocycles. The second-order valence-corrected chi connectivity index (χ2v) is 11.7. The minimum absolute atomic E-state index is 0.0168. The largest absolute Gasteiger partial charge is 0.438 e. The molecule has 164 valence electrons. The molecule has 0 aromatic carbocycles. The third-order valence-corrected chi connectivity index (χ3v) is 10.0. The Balaban J connectivity index is 1.19. The average molecular weight is 405 g/mol. The molecule has 0 amide bonds. The number of ether oxygens (including phenoxy) is 3. The van der Waals surface area contributed by atoms with E-state index in [1.807, 2.05) is 0 Å². The fourth-order valence-corrected chi connectivity index (χ4v) is 8.88. The lowest BCUT2D eigenvalue weighted by Crippen LogP contribution is -2.43. The molecule has 4 saturated carbocycles. The maximum absolute atomic E-state index is 13.0. The minimum atomic E-state index is -0.0168. The summed E-state index contributed by atoms with van der Waals surface area (Å²) in [5.41, 5.74) is 0.439. The highest BCUT2D eigenvalue weighted by Gasteiger charge is 2.63. The summed E-state index contributed by atoms with van der Waals surface area (Å²) in [5.74, 6) is 3.12. The number of hydrogen-bond acceptors (Lipinski definition) is 4. The topological polar surface area (TPSA) is 44.8 Å². The Hall–Kier alpha value is -0.610. The van der Waals surface area contributed by atoms with Gasteiger partial charge in [-0.05, 0) is 85.4 Å². The number of carbonyl (C=O) groups is 1. The van der Waals surface area contributed by atoms with E-state index in [2.05, 4.69) is 34.6 Å². The summed E-state index contributed by atoms with van der Waals surface area (Å²) in [5, 5.41) is 0. The Morgan fingerprint density at radius 1 is 1.07 bits per heavy atom. The molecule has 4 aliphatic carbocycles. The Kier molecular flexibility index (Phi) is 4.87. The summed E-state index contributed by atoms with van der Waals surface area (Å²) in [6.45, 7) is 11.6. The zero-order valence-corrected chi connectivity index (χ0v) is 19.0. The summed E-state index contributed by atoms with van der Waals surface area (Å²) >= 11 is 0. The highest BCUT2D eigenvalue weighted by atomic mass is 16.7. The van der Waals surface area contributed by atoms with E-state index in [1.165, 1.54) is 25.7 Å². The smallest absolute Gasteiger partial charge is 0.311 e. The van der Waals surface area contributed by atoms with E-state index < -0.39 is 0 Å². The van der Waals surface area contributed by atoms with E-state index in [1.54, 1.807) is 0 Å². The molecule has 0 N–H and O–H groups in total. The van der Waals surface area contributed by atoms with Crippen molar-refractivity contribution in [3.05, 3.63) is 0 Å². The van der Waals surface area contributed by atoms with Crippen molar-refractivity contribution in [2.45, 2.75) is 97.9 Å². The van der Waals surface area contributed by atoms with Gasteiger partial charge in [-0.2, -0.15) is 0 Å². The van der Waals surface area contributed by atoms with Crippen LogP contribution in [0.4, 0.5) is 0 Å². The quantitative estimate of drug-likeness (QED) is 0.451. The van der Waals surface area contributed by atoms with E-state index in [9.17, 15) is 4.79 Å². The highest BCUT2D eigenvalue weighted by Crippen LogP contribution is 2.64. The van der Waals surface area contributed by atoms with E-state index in [0.29, 0.717) is 35.9 Å². The first-order chi connectivity index (χ1) is 13.8. The predicted molar refractivity (Wildman–Crippen MR) is 111 cm³/mol. The van der Waals surface area contributed by atoms with Gasteiger partial charge in [-0.3, -0.25) is 4.79 Å². The summed E-state index contributed by atoms with van der Waals surface area (Å²) in [6.07, 6.45) is 9.10. The van der Waals surface area contributed by atoms with Crippen molar-refractivity contribution in [3.8, 4) is 0 Å². The normalized spacial score (nSPS) is 51.6. The van der Waals surface area contributed by atoms with Gasteiger partial charge in [0.05, 0.1) is 24.2 Å². The van der Waals surface area contributed by atoms with Crippen molar-refractivity contribution in [2.24, 2.45) is 46.3 Å². The van der Waals surface area contributed by atoms with Crippen LogP contribution in [0.1, 0.15) is 79.6 Å². The van der Waals surface area contributed by atoms with Gasteiger partial charge in [0.15, 0.2) is 6.79 Å². The zero-order valence-electron chi connectivity index (χ0n) is 19.0. The van der Waals surface area contributed by atoms with Crippen molar-refractivity contribution >= 4 is 5.97 Å². The predicted octanol–water partition coefficient (Wildman–Crippen LogP) is 5.19. The number of esters is 1. The SMILES string of the molecule is CCC1OC(CC)C2C3CC(CC3C(=O)OCOC3C4(C)CCC(C4)C3(C)C)C12. The lowest BCUT2D eigenvalue weighted by molar-refractivity contribution is -0.185. The molecule has 5 rings (SSSR count). The monoisotopic (exact) mass is 404 g/mol. The van der Waals surface area contributed by atoms with Gasteiger partial charge in [0.25, 0.3) is 0 Å². The van der Waals surface area contributed by atoms with E-state index in [0.717, 1.165) is 25.2 Å². The fourth-order valence-electron chi connectivity index (χ4n) is 8.88. The van der Waals surface area contributed by atoms with Crippen molar-refractivity contribution < 1.29 is 19.0 Å². The molecule has 1 aliphatic heterocycles. The van der Waals surface area contributed by atoms with Crippen molar-refractivity contribution in [1.29, 1.82) is 0 Å². The molecule has 0 aromatic rings. The average Bonchev–Trinajstić information content (AvgIpc) is 3.45. The number of hydrogen-bond donors (Lipinski definition) is 0. The molecular formula is C25H40O4. The van der Waals surface area contributed by atoms with Crippen LogP contribution in [0.5, 0.6) is 0 Å². The Morgan fingerprint density at radius 3 is 2.45 bits per heavy atom. The molecule has 10 unspecified atom stereocenters. The first-order valence-electron chi connectivity index (χ1n) is 12.2. The van der Waals surface area contributed by atoms with Gasteiger partial charge in [-0.25, -0.2) is 0 Å². The van der Waals surface area contributed by atoms with Gasteiger partial charge in [0, 0.05) is 0 Å².